The van der Waals surface area contributed by atoms with E-state index in [1.54, 1.807) is 10.9 Å². The number of sulfonamides is 1. The van der Waals surface area contributed by atoms with Gasteiger partial charge in [0.1, 0.15) is 0 Å². The zero-order valence-electron chi connectivity index (χ0n) is 13.4. The summed E-state index contributed by atoms with van der Waals surface area (Å²) in [6, 6.07) is 2.19. The van der Waals surface area contributed by atoms with Crippen molar-refractivity contribution < 1.29 is 8.42 Å². The second-order valence-corrected chi connectivity index (χ2v) is 7.90. The van der Waals surface area contributed by atoms with Crippen LogP contribution in [0.3, 0.4) is 0 Å². The molecule has 1 N–H and O–H groups in total. The molecule has 1 aliphatic heterocycles. The van der Waals surface area contributed by atoms with Gasteiger partial charge in [-0.15, -0.1) is 0 Å². The standard InChI is InChI=1S/C14H22N6O2S/c1-18-8-12(7-16-18)9-19-10-13-3-5-15-20(13)14(11-19)4-6-17-23(2,21)22/h3,5,7-8,14,17H,4,6,9-11H2,1-2H3/t14-/m1/s1. The first kappa shape index (κ1) is 16.2. The van der Waals surface area contributed by atoms with Gasteiger partial charge in [-0.1, -0.05) is 0 Å². The van der Waals surface area contributed by atoms with Gasteiger partial charge in [0, 0.05) is 51.2 Å². The van der Waals surface area contributed by atoms with Crippen LogP contribution in [0.2, 0.25) is 0 Å². The summed E-state index contributed by atoms with van der Waals surface area (Å²) in [5, 5.41) is 8.60. The fourth-order valence-electron chi connectivity index (χ4n) is 3.02. The van der Waals surface area contributed by atoms with Crippen LogP contribution in [-0.2, 0) is 30.2 Å². The van der Waals surface area contributed by atoms with Crippen LogP contribution in [0.1, 0.15) is 23.7 Å². The Morgan fingerprint density at radius 1 is 1.39 bits per heavy atom. The number of hydrogen-bond acceptors (Lipinski definition) is 5. The van der Waals surface area contributed by atoms with Crippen LogP contribution in [-0.4, -0.2) is 52.2 Å². The van der Waals surface area contributed by atoms with Crippen molar-refractivity contribution in [2.24, 2.45) is 7.05 Å². The first-order valence-electron chi connectivity index (χ1n) is 7.57. The minimum Gasteiger partial charge on any atom is -0.291 e. The molecule has 0 spiro atoms. The molecule has 3 heterocycles. The van der Waals surface area contributed by atoms with Crippen molar-refractivity contribution >= 4 is 10.0 Å². The molecule has 0 unspecified atom stereocenters. The van der Waals surface area contributed by atoms with E-state index < -0.39 is 10.0 Å². The summed E-state index contributed by atoms with van der Waals surface area (Å²) < 4.78 is 28.8. The molecule has 0 fully saturated rings. The predicted octanol–water partition coefficient (Wildman–Crippen LogP) is 0.113. The minimum absolute atomic E-state index is 0.166. The Bertz CT molecular complexity index is 766. The van der Waals surface area contributed by atoms with E-state index >= 15 is 0 Å². The highest BCUT2D eigenvalue weighted by Crippen LogP contribution is 2.24. The largest absolute Gasteiger partial charge is 0.291 e. The smallest absolute Gasteiger partial charge is 0.208 e. The Hall–Kier alpha value is -1.71. The maximum absolute atomic E-state index is 11.2. The molecule has 2 aromatic rings. The topological polar surface area (TPSA) is 85.0 Å². The van der Waals surface area contributed by atoms with Gasteiger partial charge in [-0.25, -0.2) is 13.1 Å². The van der Waals surface area contributed by atoms with E-state index in [0.717, 1.165) is 25.3 Å². The summed E-state index contributed by atoms with van der Waals surface area (Å²) in [4.78, 5) is 2.35. The van der Waals surface area contributed by atoms with Crippen LogP contribution in [0.5, 0.6) is 0 Å². The van der Waals surface area contributed by atoms with E-state index in [-0.39, 0.29) is 6.04 Å². The predicted molar refractivity (Wildman–Crippen MR) is 86.0 cm³/mol. The Kier molecular flexibility index (Phi) is 4.51. The van der Waals surface area contributed by atoms with E-state index in [1.165, 1.54) is 11.8 Å². The van der Waals surface area contributed by atoms with Crippen molar-refractivity contribution in [3.8, 4) is 0 Å². The third kappa shape index (κ3) is 4.18. The third-order valence-corrected chi connectivity index (χ3v) is 4.69. The highest BCUT2D eigenvalue weighted by atomic mass is 32.2. The van der Waals surface area contributed by atoms with Gasteiger partial charge in [0.15, 0.2) is 0 Å². The molecule has 1 aliphatic rings. The number of rotatable bonds is 6. The number of nitrogens with zero attached hydrogens (tertiary/aromatic N) is 5. The van der Waals surface area contributed by atoms with E-state index in [0.29, 0.717) is 13.0 Å². The molecule has 0 aliphatic carbocycles. The summed E-state index contributed by atoms with van der Waals surface area (Å²) >= 11 is 0. The van der Waals surface area contributed by atoms with Crippen LogP contribution in [0.4, 0.5) is 0 Å². The molecule has 3 rings (SSSR count). The van der Waals surface area contributed by atoms with Gasteiger partial charge in [-0.2, -0.15) is 10.2 Å². The van der Waals surface area contributed by atoms with Gasteiger partial charge >= 0.3 is 0 Å². The number of nitrogens with one attached hydrogen (secondary N) is 1. The van der Waals surface area contributed by atoms with Crippen molar-refractivity contribution in [2.45, 2.75) is 25.6 Å². The zero-order valence-corrected chi connectivity index (χ0v) is 14.2. The van der Waals surface area contributed by atoms with Gasteiger partial charge in [-0.05, 0) is 12.5 Å². The van der Waals surface area contributed by atoms with E-state index in [4.69, 9.17) is 0 Å². The molecule has 0 amide bonds. The van der Waals surface area contributed by atoms with Crippen LogP contribution in [0.25, 0.3) is 0 Å². The molecule has 23 heavy (non-hydrogen) atoms. The lowest BCUT2D eigenvalue weighted by Gasteiger charge is -2.33. The molecule has 0 bridgehead atoms. The number of aryl methyl sites for hydroxylation is 1. The Morgan fingerprint density at radius 2 is 2.22 bits per heavy atom. The van der Waals surface area contributed by atoms with Crippen LogP contribution >= 0.6 is 0 Å². The van der Waals surface area contributed by atoms with Crippen molar-refractivity contribution in [2.75, 3.05) is 19.3 Å². The summed E-state index contributed by atoms with van der Waals surface area (Å²) in [6.07, 6.45) is 7.60. The van der Waals surface area contributed by atoms with Crippen LogP contribution in [0, 0.1) is 0 Å². The highest BCUT2D eigenvalue weighted by molar-refractivity contribution is 7.88. The molecule has 9 heteroatoms. The third-order valence-electron chi connectivity index (χ3n) is 3.96. The SMILES string of the molecule is Cn1cc(CN2Cc3ccnn3[C@H](CCNS(C)(=O)=O)C2)cn1. The molecule has 0 aromatic carbocycles. The first-order chi connectivity index (χ1) is 10.9. The molecule has 0 radical (unpaired) electrons. The fourth-order valence-corrected chi connectivity index (χ4v) is 3.51. The molecule has 8 nitrogen and oxygen atoms in total. The normalized spacial score (nSPS) is 19.0. The molecule has 1 atom stereocenters. The molecular weight excluding hydrogens is 316 g/mol. The summed E-state index contributed by atoms with van der Waals surface area (Å²) in [5.74, 6) is 0. The highest BCUT2D eigenvalue weighted by Gasteiger charge is 2.25. The quantitative estimate of drug-likeness (QED) is 0.808. The lowest BCUT2D eigenvalue weighted by Crippen LogP contribution is -2.38. The van der Waals surface area contributed by atoms with Gasteiger partial charge in [0.2, 0.25) is 10.0 Å². The summed E-state index contributed by atoms with van der Waals surface area (Å²) in [5.41, 5.74) is 2.33. The summed E-state index contributed by atoms with van der Waals surface area (Å²) in [6.45, 7) is 2.93. The summed E-state index contributed by atoms with van der Waals surface area (Å²) in [7, 11) is -1.24. The van der Waals surface area contributed by atoms with Crippen molar-refractivity contribution in [3.63, 3.8) is 0 Å². The van der Waals surface area contributed by atoms with Crippen molar-refractivity contribution in [3.05, 3.63) is 35.9 Å². The molecule has 0 saturated heterocycles. The minimum atomic E-state index is -3.15. The molecule has 126 valence electrons. The van der Waals surface area contributed by atoms with Crippen LogP contribution in [0.15, 0.2) is 24.7 Å². The van der Waals surface area contributed by atoms with Crippen molar-refractivity contribution in [1.29, 1.82) is 0 Å². The lowest BCUT2D eigenvalue weighted by atomic mass is 10.1. The average molecular weight is 338 g/mol. The van der Waals surface area contributed by atoms with E-state index in [2.05, 4.69) is 19.8 Å². The van der Waals surface area contributed by atoms with Gasteiger partial charge < -0.3 is 0 Å². The van der Waals surface area contributed by atoms with Gasteiger partial charge in [0.05, 0.1) is 24.2 Å². The Labute approximate surface area is 136 Å². The monoisotopic (exact) mass is 338 g/mol. The van der Waals surface area contributed by atoms with E-state index in [9.17, 15) is 8.42 Å². The fraction of sp³-hybridized carbons (Fsp3) is 0.571. The zero-order chi connectivity index (χ0) is 16.4. The average Bonchev–Trinajstić information content (AvgIpc) is 3.06. The number of fused-ring (bicyclic) bond motifs is 1. The first-order valence-corrected chi connectivity index (χ1v) is 9.47. The maximum Gasteiger partial charge on any atom is 0.208 e. The second-order valence-electron chi connectivity index (χ2n) is 6.07. The van der Waals surface area contributed by atoms with Gasteiger partial charge in [0.25, 0.3) is 0 Å². The molecular formula is C14H22N6O2S. The second kappa shape index (κ2) is 6.42. The van der Waals surface area contributed by atoms with Crippen LogP contribution < -0.4 is 4.72 Å². The van der Waals surface area contributed by atoms with Gasteiger partial charge in [-0.3, -0.25) is 14.3 Å². The van der Waals surface area contributed by atoms with E-state index in [1.807, 2.05) is 30.2 Å². The molecule has 0 saturated carbocycles. The lowest BCUT2D eigenvalue weighted by molar-refractivity contribution is 0.162. The Balaban J connectivity index is 1.67. The Morgan fingerprint density at radius 3 is 2.91 bits per heavy atom. The number of hydrogen-bond donors (Lipinski definition) is 1. The molecule has 2 aromatic heterocycles. The number of aromatic nitrogens is 4. The maximum atomic E-state index is 11.2. The van der Waals surface area contributed by atoms with Crippen molar-refractivity contribution in [1.82, 2.24) is 29.2 Å².